The van der Waals surface area contributed by atoms with E-state index < -0.39 is 0 Å². The first-order valence-electron chi connectivity index (χ1n) is 6.47. The molecule has 0 amide bonds. The average molecular weight is 324 g/mol. The second-order valence-electron chi connectivity index (χ2n) is 4.69. The molecule has 2 aromatic rings. The molecule has 0 spiro atoms. The Morgan fingerprint density at radius 2 is 2.16 bits per heavy atom. The van der Waals surface area contributed by atoms with Crippen LogP contribution in [0.3, 0.4) is 0 Å². The van der Waals surface area contributed by atoms with Gasteiger partial charge in [-0.05, 0) is 34.3 Å². The van der Waals surface area contributed by atoms with Gasteiger partial charge in [0.25, 0.3) is 0 Å². The van der Waals surface area contributed by atoms with Crippen molar-refractivity contribution < 1.29 is 4.42 Å². The molecule has 0 fully saturated rings. The quantitative estimate of drug-likeness (QED) is 0.883. The molecule has 102 valence electrons. The standard InChI is InChI=1S/C14H18BrN3O/c1-4-6-16-14-11(15)12(9(2)3)17-13(18-14)10-5-7-19-8-10/h5,7-9H,4,6H2,1-3H3,(H,16,17,18). The van der Waals surface area contributed by atoms with Gasteiger partial charge in [-0.1, -0.05) is 20.8 Å². The lowest BCUT2D eigenvalue weighted by molar-refractivity contribution is 0.568. The summed E-state index contributed by atoms with van der Waals surface area (Å²) in [4.78, 5) is 9.19. The van der Waals surface area contributed by atoms with Crippen LogP contribution in [-0.4, -0.2) is 16.5 Å². The van der Waals surface area contributed by atoms with Crippen molar-refractivity contribution in [3.63, 3.8) is 0 Å². The lowest BCUT2D eigenvalue weighted by Gasteiger charge is -2.14. The van der Waals surface area contributed by atoms with Crippen LogP contribution in [0.25, 0.3) is 11.4 Å². The normalized spacial score (nSPS) is 11.0. The Morgan fingerprint density at radius 3 is 2.74 bits per heavy atom. The number of furan rings is 1. The number of hydrogen-bond donors (Lipinski definition) is 1. The highest BCUT2D eigenvalue weighted by molar-refractivity contribution is 9.10. The van der Waals surface area contributed by atoms with Crippen molar-refractivity contribution in [3.05, 3.63) is 28.8 Å². The molecule has 0 aliphatic rings. The van der Waals surface area contributed by atoms with Crippen molar-refractivity contribution >= 4 is 21.7 Å². The predicted molar refractivity (Wildman–Crippen MR) is 80.3 cm³/mol. The molecule has 0 saturated heterocycles. The molecule has 5 heteroatoms. The van der Waals surface area contributed by atoms with Crippen LogP contribution < -0.4 is 5.32 Å². The van der Waals surface area contributed by atoms with Gasteiger partial charge in [0.05, 0.1) is 22.0 Å². The summed E-state index contributed by atoms with van der Waals surface area (Å²) in [5.41, 5.74) is 1.90. The summed E-state index contributed by atoms with van der Waals surface area (Å²) in [6.07, 6.45) is 4.35. The molecule has 0 atom stereocenters. The van der Waals surface area contributed by atoms with E-state index in [2.05, 4.69) is 52.0 Å². The van der Waals surface area contributed by atoms with Gasteiger partial charge in [0, 0.05) is 6.54 Å². The van der Waals surface area contributed by atoms with E-state index in [4.69, 9.17) is 4.42 Å². The van der Waals surface area contributed by atoms with Crippen LogP contribution in [-0.2, 0) is 0 Å². The van der Waals surface area contributed by atoms with E-state index in [1.54, 1.807) is 12.5 Å². The summed E-state index contributed by atoms with van der Waals surface area (Å²) in [5, 5.41) is 3.33. The molecule has 0 saturated carbocycles. The summed E-state index contributed by atoms with van der Waals surface area (Å²) in [6, 6.07) is 1.87. The smallest absolute Gasteiger partial charge is 0.165 e. The monoisotopic (exact) mass is 323 g/mol. The number of hydrogen-bond acceptors (Lipinski definition) is 4. The second kappa shape index (κ2) is 6.19. The van der Waals surface area contributed by atoms with Gasteiger partial charge < -0.3 is 9.73 Å². The summed E-state index contributed by atoms with van der Waals surface area (Å²) in [7, 11) is 0. The van der Waals surface area contributed by atoms with Gasteiger partial charge in [0.15, 0.2) is 5.82 Å². The molecule has 2 rings (SSSR count). The topological polar surface area (TPSA) is 51.0 Å². The molecule has 0 aromatic carbocycles. The number of rotatable bonds is 5. The first-order chi connectivity index (χ1) is 9.13. The van der Waals surface area contributed by atoms with Crippen molar-refractivity contribution in [3.8, 4) is 11.4 Å². The molecule has 2 aromatic heterocycles. The van der Waals surface area contributed by atoms with Crippen LogP contribution in [0, 0.1) is 0 Å². The third-order valence-corrected chi connectivity index (χ3v) is 3.53. The van der Waals surface area contributed by atoms with Crippen LogP contribution in [0.2, 0.25) is 0 Å². The van der Waals surface area contributed by atoms with E-state index in [0.717, 1.165) is 34.5 Å². The minimum atomic E-state index is 0.324. The molecule has 19 heavy (non-hydrogen) atoms. The SMILES string of the molecule is CCCNc1nc(-c2ccoc2)nc(C(C)C)c1Br. The molecule has 4 nitrogen and oxygen atoms in total. The van der Waals surface area contributed by atoms with Crippen LogP contribution in [0.4, 0.5) is 5.82 Å². The maximum absolute atomic E-state index is 5.11. The van der Waals surface area contributed by atoms with E-state index in [0.29, 0.717) is 11.7 Å². The van der Waals surface area contributed by atoms with Crippen molar-refractivity contribution in [1.82, 2.24) is 9.97 Å². The Bertz CT molecular complexity index is 538. The third kappa shape index (κ3) is 3.15. The molecule has 0 aliphatic heterocycles. The molecule has 0 radical (unpaired) electrons. The lowest BCUT2D eigenvalue weighted by Crippen LogP contribution is -2.08. The van der Waals surface area contributed by atoms with E-state index in [1.165, 1.54) is 0 Å². The Labute approximate surface area is 121 Å². The van der Waals surface area contributed by atoms with Gasteiger partial charge in [-0.3, -0.25) is 0 Å². The lowest BCUT2D eigenvalue weighted by atomic mass is 10.1. The van der Waals surface area contributed by atoms with Crippen molar-refractivity contribution in [2.24, 2.45) is 0 Å². The number of anilines is 1. The minimum Gasteiger partial charge on any atom is -0.472 e. The van der Waals surface area contributed by atoms with Gasteiger partial charge in [0.2, 0.25) is 0 Å². The minimum absolute atomic E-state index is 0.324. The van der Waals surface area contributed by atoms with E-state index in [9.17, 15) is 0 Å². The highest BCUT2D eigenvalue weighted by Gasteiger charge is 2.16. The Kier molecular flexibility index (Phi) is 4.58. The van der Waals surface area contributed by atoms with Crippen LogP contribution >= 0.6 is 15.9 Å². The fraction of sp³-hybridized carbons (Fsp3) is 0.429. The zero-order chi connectivity index (χ0) is 13.8. The molecule has 2 heterocycles. The van der Waals surface area contributed by atoms with Crippen LogP contribution in [0.15, 0.2) is 27.5 Å². The zero-order valence-electron chi connectivity index (χ0n) is 11.4. The van der Waals surface area contributed by atoms with E-state index in [1.807, 2.05) is 6.07 Å². The first-order valence-corrected chi connectivity index (χ1v) is 7.26. The van der Waals surface area contributed by atoms with Gasteiger partial charge in [0.1, 0.15) is 12.1 Å². The summed E-state index contributed by atoms with van der Waals surface area (Å²) < 4.78 is 6.06. The van der Waals surface area contributed by atoms with Crippen molar-refractivity contribution in [2.75, 3.05) is 11.9 Å². The fourth-order valence-electron chi connectivity index (χ4n) is 1.73. The number of nitrogens with zero attached hydrogens (tertiary/aromatic N) is 2. The third-order valence-electron chi connectivity index (χ3n) is 2.75. The maximum Gasteiger partial charge on any atom is 0.165 e. The summed E-state index contributed by atoms with van der Waals surface area (Å²) >= 11 is 3.60. The van der Waals surface area contributed by atoms with Gasteiger partial charge in [-0.15, -0.1) is 0 Å². The number of halogens is 1. The molecule has 1 N–H and O–H groups in total. The fourth-order valence-corrected chi connectivity index (χ4v) is 2.50. The summed E-state index contributed by atoms with van der Waals surface area (Å²) in [5.74, 6) is 1.86. The van der Waals surface area contributed by atoms with E-state index in [-0.39, 0.29) is 0 Å². The Hall–Kier alpha value is -1.36. The van der Waals surface area contributed by atoms with Crippen molar-refractivity contribution in [2.45, 2.75) is 33.1 Å². The van der Waals surface area contributed by atoms with Crippen LogP contribution in [0.5, 0.6) is 0 Å². The number of nitrogens with one attached hydrogen (secondary N) is 1. The van der Waals surface area contributed by atoms with Gasteiger partial charge >= 0.3 is 0 Å². The molecule has 0 aliphatic carbocycles. The second-order valence-corrected chi connectivity index (χ2v) is 5.48. The highest BCUT2D eigenvalue weighted by atomic mass is 79.9. The predicted octanol–water partition coefficient (Wildman–Crippen LogP) is 4.44. The largest absolute Gasteiger partial charge is 0.472 e. The molecule has 0 unspecified atom stereocenters. The zero-order valence-corrected chi connectivity index (χ0v) is 13.0. The molecule has 0 bridgehead atoms. The first kappa shape index (κ1) is 14.1. The average Bonchev–Trinajstić information content (AvgIpc) is 2.91. The highest BCUT2D eigenvalue weighted by Crippen LogP contribution is 2.31. The van der Waals surface area contributed by atoms with E-state index >= 15 is 0 Å². The molecular weight excluding hydrogens is 306 g/mol. The molecular formula is C14H18BrN3O. The van der Waals surface area contributed by atoms with Gasteiger partial charge in [-0.2, -0.15) is 0 Å². The number of aromatic nitrogens is 2. The Balaban J connectivity index is 2.47. The summed E-state index contributed by atoms with van der Waals surface area (Å²) in [6.45, 7) is 7.26. The van der Waals surface area contributed by atoms with Crippen molar-refractivity contribution in [1.29, 1.82) is 0 Å². The maximum atomic E-state index is 5.11. The Morgan fingerprint density at radius 1 is 1.37 bits per heavy atom. The van der Waals surface area contributed by atoms with Crippen LogP contribution in [0.1, 0.15) is 38.8 Å². The van der Waals surface area contributed by atoms with Gasteiger partial charge in [-0.25, -0.2) is 9.97 Å².